The first-order chi connectivity index (χ1) is 20.1. The molecule has 2 atom stereocenters. The van der Waals surface area contributed by atoms with Crippen molar-refractivity contribution in [3.05, 3.63) is 138 Å². The summed E-state index contributed by atoms with van der Waals surface area (Å²) in [6.07, 6.45) is 5.52. The normalized spacial score (nSPS) is 13.8. The van der Waals surface area contributed by atoms with Gasteiger partial charge in [-0.2, -0.15) is 0 Å². The molecule has 0 heterocycles. The Hall–Kier alpha value is -4.75. The molecule has 1 aliphatic rings. The summed E-state index contributed by atoms with van der Waals surface area (Å²) in [5.41, 5.74) is 6.55. The summed E-state index contributed by atoms with van der Waals surface area (Å²) in [5, 5.41) is 3.13. The zero-order chi connectivity index (χ0) is 28.4. The summed E-state index contributed by atoms with van der Waals surface area (Å²) >= 11 is 0. The van der Waals surface area contributed by atoms with Crippen molar-refractivity contribution in [1.82, 2.24) is 4.90 Å². The predicted molar refractivity (Wildman–Crippen MR) is 168 cm³/mol. The Bertz CT molecular complexity index is 1530. The number of nitrogens with one attached hydrogen (secondary N) is 1. The molecule has 0 saturated carbocycles. The highest BCUT2D eigenvalue weighted by Crippen LogP contribution is 2.35. The largest absolute Gasteiger partial charge is 0.497 e. The highest BCUT2D eigenvalue weighted by molar-refractivity contribution is 5.90. The molecule has 0 aliphatic heterocycles. The van der Waals surface area contributed by atoms with Crippen LogP contribution in [0, 0.1) is 17.8 Å². The third kappa shape index (κ3) is 7.07. The van der Waals surface area contributed by atoms with E-state index in [4.69, 9.17) is 4.74 Å². The van der Waals surface area contributed by atoms with Crippen LogP contribution in [0.25, 0.3) is 5.57 Å². The number of aryl methyl sites for hydroxylation is 1. The van der Waals surface area contributed by atoms with Crippen LogP contribution in [0.15, 0.2) is 115 Å². The van der Waals surface area contributed by atoms with Gasteiger partial charge in [0.1, 0.15) is 11.8 Å². The number of methoxy groups -OCH3 is 1. The van der Waals surface area contributed by atoms with E-state index in [-0.39, 0.29) is 18.0 Å². The van der Waals surface area contributed by atoms with Crippen LogP contribution in [0.3, 0.4) is 0 Å². The zero-order valence-corrected chi connectivity index (χ0v) is 23.7. The molecule has 2 unspecified atom stereocenters. The number of hydrogen-bond acceptors (Lipinski definition) is 2. The molecule has 4 aromatic carbocycles. The maximum atomic E-state index is 14.1. The molecule has 206 valence electrons. The van der Waals surface area contributed by atoms with Crippen LogP contribution in [0.1, 0.15) is 42.0 Å². The third-order valence-corrected chi connectivity index (χ3v) is 7.58. The molecule has 41 heavy (non-hydrogen) atoms. The maximum absolute atomic E-state index is 14.1. The third-order valence-electron chi connectivity index (χ3n) is 7.58. The molecule has 2 amide bonds. The monoisotopic (exact) mass is 540 g/mol. The SMILES string of the molecule is COc1ccc(NC(=O)N(Cc2ccccc2)C(C#Cc2ccccc2)C(C)C2=CCCCc3ccccc32)cc1. The Morgan fingerprint density at radius 1 is 0.902 bits per heavy atom. The first-order valence-corrected chi connectivity index (χ1v) is 14.2. The van der Waals surface area contributed by atoms with Gasteiger partial charge in [-0.05, 0) is 77.9 Å². The Balaban J connectivity index is 1.57. The minimum atomic E-state index is -0.383. The molecule has 0 radical (unpaired) electrons. The van der Waals surface area contributed by atoms with E-state index < -0.39 is 0 Å². The molecule has 0 bridgehead atoms. The van der Waals surface area contributed by atoms with Gasteiger partial charge < -0.3 is 15.0 Å². The van der Waals surface area contributed by atoms with Gasteiger partial charge in [-0.15, -0.1) is 0 Å². The topological polar surface area (TPSA) is 41.6 Å². The molecule has 1 N–H and O–H groups in total. The standard InChI is InChI=1S/C37H36N2O2/c1-28(34-19-11-9-17-31-18-10-12-20-35(31)34)36(26-21-29-13-5-3-6-14-29)39(27-30-15-7-4-8-16-30)37(40)38-32-22-24-33(41-2)25-23-32/h3-8,10,12-16,18-20,22-25,28,36H,9,11,17,27H2,1-2H3,(H,38,40). The van der Waals surface area contributed by atoms with Gasteiger partial charge in [0.2, 0.25) is 0 Å². The fraction of sp³-hybridized carbons (Fsp3) is 0.216. The summed E-state index contributed by atoms with van der Waals surface area (Å²) in [7, 11) is 1.63. The smallest absolute Gasteiger partial charge is 0.323 e. The molecule has 0 spiro atoms. The minimum absolute atomic E-state index is 0.0317. The zero-order valence-electron chi connectivity index (χ0n) is 23.7. The highest BCUT2D eigenvalue weighted by atomic mass is 16.5. The van der Waals surface area contributed by atoms with E-state index in [1.807, 2.05) is 77.7 Å². The lowest BCUT2D eigenvalue weighted by Crippen LogP contribution is -2.45. The van der Waals surface area contributed by atoms with Gasteiger partial charge in [0.25, 0.3) is 0 Å². The van der Waals surface area contributed by atoms with E-state index in [2.05, 4.69) is 66.6 Å². The number of carbonyl (C=O) groups excluding carboxylic acids is 1. The second kappa shape index (κ2) is 13.5. The number of carbonyl (C=O) groups is 1. The molecule has 4 heteroatoms. The van der Waals surface area contributed by atoms with Gasteiger partial charge in [-0.25, -0.2) is 4.79 Å². The summed E-state index contributed by atoms with van der Waals surface area (Å²) in [4.78, 5) is 16.0. The van der Waals surface area contributed by atoms with E-state index in [0.29, 0.717) is 12.2 Å². The number of amides is 2. The number of nitrogens with zero attached hydrogens (tertiary/aromatic N) is 1. The van der Waals surface area contributed by atoms with Crippen molar-refractivity contribution in [3.63, 3.8) is 0 Å². The fourth-order valence-electron chi connectivity index (χ4n) is 5.38. The van der Waals surface area contributed by atoms with E-state index in [1.165, 1.54) is 16.7 Å². The van der Waals surface area contributed by atoms with Crippen LogP contribution in [-0.4, -0.2) is 24.1 Å². The van der Waals surface area contributed by atoms with Crippen LogP contribution < -0.4 is 10.1 Å². The van der Waals surface area contributed by atoms with Crippen LogP contribution in [0.4, 0.5) is 10.5 Å². The van der Waals surface area contributed by atoms with Crippen LogP contribution in [-0.2, 0) is 13.0 Å². The van der Waals surface area contributed by atoms with E-state index >= 15 is 0 Å². The number of anilines is 1. The van der Waals surface area contributed by atoms with Crippen molar-refractivity contribution < 1.29 is 9.53 Å². The Morgan fingerprint density at radius 3 is 2.32 bits per heavy atom. The number of rotatable bonds is 7. The summed E-state index contributed by atoms with van der Waals surface area (Å²) in [6.45, 7) is 2.63. The number of allylic oxidation sites excluding steroid dienone is 1. The molecular formula is C37H36N2O2. The molecule has 0 saturated heterocycles. The second-order valence-corrected chi connectivity index (χ2v) is 10.3. The molecular weight excluding hydrogens is 504 g/mol. The molecule has 0 aromatic heterocycles. The van der Waals surface area contributed by atoms with Crippen molar-refractivity contribution in [2.45, 2.75) is 38.8 Å². The van der Waals surface area contributed by atoms with Crippen molar-refractivity contribution in [3.8, 4) is 17.6 Å². The molecule has 5 rings (SSSR count). The molecule has 0 fully saturated rings. The minimum Gasteiger partial charge on any atom is -0.497 e. The number of fused-ring (bicyclic) bond motifs is 1. The number of benzene rings is 4. The maximum Gasteiger partial charge on any atom is 0.323 e. The molecule has 4 nitrogen and oxygen atoms in total. The lowest BCUT2D eigenvalue weighted by molar-refractivity contribution is 0.189. The first kappa shape index (κ1) is 27.8. The number of urea groups is 1. The predicted octanol–water partition coefficient (Wildman–Crippen LogP) is 8.21. The van der Waals surface area contributed by atoms with Crippen molar-refractivity contribution in [2.75, 3.05) is 12.4 Å². The van der Waals surface area contributed by atoms with Gasteiger partial charge in [-0.1, -0.05) is 97.6 Å². The van der Waals surface area contributed by atoms with Gasteiger partial charge in [0.05, 0.1) is 7.11 Å². The van der Waals surface area contributed by atoms with Gasteiger partial charge in [-0.3, -0.25) is 0 Å². The van der Waals surface area contributed by atoms with E-state index in [9.17, 15) is 4.79 Å². The summed E-state index contributed by atoms with van der Waals surface area (Å²) in [5.74, 6) is 7.64. The van der Waals surface area contributed by atoms with E-state index in [1.54, 1.807) is 7.11 Å². The lowest BCUT2D eigenvalue weighted by Gasteiger charge is -2.34. The highest BCUT2D eigenvalue weighted by Gasteiger charge is 2.31. The quantitative estimate of drug-likeness (QED) is 0.240. The first-order valence-electron chi connectivity index (χ1n) is 14.2. The molecule has 4 aromatic rings. The Labute approximate surface area is 243 Å². The Morgan fingerprint density at radius 2 is 1.59 bits per heavy atom. The summed E-state index contributed by atoms with van der Waals surface area (Å²) < 4.78 is 5.30. The van der Waals surface area contributed by atoms with Crippen molar-refractivity contribution >= 4 is 17.3 Å². The van der Waals surface area contributed by atoms with Gasteiger partial charge in [0, 0.05) is 23.7 Å². The lowest BCUT2D eigenvalue weighted by atomic mass is 9.85. The van der Waals surface area contributed by atoms with Crippen LogP contribution in [0.2, 0.25) is 0 Å². The Kier molecular flexibility index (Phi) is 9.19. The number of hydrogen-bond donors (Lipinski definition) is 1. The fourth-order valence-corrected chi connectivity index (χ4v) is 5.38. The molecule has 1 aliphatic carbocycles. The average molecular weight is 541 g/mol. The van der Waals surface area contributed by atoms with Gasteiger partial charge in [0.15, 0.2) is 0 Å². The van der Waals surface area contributed by atoms with Crippen molar-refractivity contribution in [1.29, 1.82) is 0 Å². The average Bonchev–Trinajstić information content (AvgIpc) is 3.24. The van der Waals surface area contributed by atoms with Crippen molar-refractivity contribution in [2.24, 2.45) is 5.92 Å². The van der Waals surface area contributed by atoms with Gasteiger partial charge >= 0.3 is 6.03 Å². The van der Waals surface area contributed by atoms with Crippen LogP contribution in [0.5, 0.6) is 5.75 Å². The second-order valence-electron chi connectivity index (χ2n) is 10.3. The summed E-state index contributed by atoms with van der Waals surface area (Å²) in [6, 6.07) is 35.6. The number of ether oxygens (including phenoxy) is 1. The van der Waals surface area contributed by atoms with E-state index in [0.717, 1.165) is 36.1 Å². The van der Waals surface area contributed by atoms with Crippen LogP contribution >= 0.6 is 0 Å².